The summed E-state index contributed by atoms with van der Waals surface area (Å²) >= 11 is 11.1. The van der Waals surface area contributed by atoms with E-state index in [1.807, 2.05) is 0 Å². The molecule has 0 fully saturated rings. The minimum atomic E-state index is -0.664. The first-order valence-electron chi connectivity index (χ1n) is 4.94. The van der Waals surface area contributed by atoms with Gasteiger partial charge in [-0.3, -0.25) is 0 Å². The molecule has 1 heterocycles. The van der Waals surface area contributed by atoms with Crippen LogP contribution >= 0.6 is 23.2 Å². The predicted molar refractivity (Wildman–Crippen MR) is 65.2 cm³/mol. The second-order valence-electron chi connectivity index (χ2n) is 3.40. The van der Waals surface area contributed by atoms with Crippen LogP contribution in [0.2, 0.25) is 5.02 Å². The molecule has 0 amide bonds. The molecule has 0 radical (unpaired) electrons. The van der Waals surface area contributed by atoms with E-state index in [1.165, 1.54) is 24.4 Å². The van der Waals surface area contributed by atoms with Crippen LogP contribution in [0.4, 0.5) is 8.78 Å². The summed E-state index contributed by atoms with van der Waals surface area (Å²) in [5.74, 6) is -1.46. The van der Waals surface area contributed by atoms with Crippen molar-refractivity contribution in [1.29, 1.82) is 0 Å². The third-order valence-corrected chi connectivity index (χ3v) is 2.78. The van der Waals surface area contributed by atoms with Crippen molar-refractivity contribution >= 4 is 23.2 Å². The molecule has 0 N–H and O–H groups in total. The van der Waals surface area contributed by atoms with E-state index in [-0.39, 0.29) is 28.1 Å². The fourth-order valence-corrected chi connectivity index (χ4v) is 1.61. The topological polar surface area (TPSA) is 22.1 Å². The molecular weight excluding hydrogens is 283 g/mol. The summed E-state index contributed by atoms with van der Waals surface area (Å²) in [5.41, 5.74) is 0.260. The van der Waals surface area contributed by atoms with Crippen LogP contribution in [0.5, 0.6) is 11.6 Å². The van der Waals surface area contributed by atoms with Crippen molar-refractivity contribution in [3.05, 3.63) is 52.7 Å². The number of nitrogens with zero attached hydrogens (tertiary/aromatic N) is 1. The number of ether oxygens (including phenoxy) is 1. The Morgan fingerprint density at radius 1 is 1.22 bits per heavy atom. The van der Waals surface area contributed by atoms with E-state index >= 15 is 0 Å². The van der Waals surface area contributed by atoms with Crippen LogP contribution in [-0.4, -0.2) is 4.98 Å². The molecule has 0 saturated carbocycles. The van der Waals surface area contributed by atoms with Crippen molar-refractivity contribution in [2.45, 2.75) is 5.88 Å². The highest BCUT2D eigenvalue weighted by molar-refractivity contribution is 6.30. The normalized spacial score (nSPS) is 10.4. The molecule has 0 aliphatic rings. The SMILES string of the molecule is Fc1cc(Oc2nccc(CCl)c2F)ccc1Cl. The van der Waals surface area contributed by atoms with Gasteiger partial charge in [-0.15, -0.1) is 11.6 Å². The Labute approximate surface area is 112 Å². The van der Waals surface area contributed by atoms with Gasteiger partial charge in [-0.2, -0.15) is 0 Å². The summed E-state index contributed by atoms with van der Waals surface area (Å²) in [6.07, 6.45) is 1.36. The van der Waals surface area contributed by atoms with Crippen LogP contribution in [0.25, 0.3) is 0 Å². The Morgan fingerprint density at radius 2 is 2.00 bits per heavy atom. The number of pyridine rings is 1. The van der Waals surface area contributed by atoms with E-state index in [1.54, 1.807) is 0 Å². The molecule has 0 spiro atoms. The largest absolute Gasteiger partial charge is 0.436 e. The van der Waals surface area contributed by atoms with Crippen LogP contribution in [0, 0.1) is 11.6 Å². The molecule has 1 aromatic carbocycles. The Hall–Kier alpha value is -1.39. The molecule has 0 unspecified atom stereocenters. The number of rotatable bonds is 3. The molecule has 0 saturated heterocycles. The van der Waals surface area contributed by atoms with Gasteiger partial charge in [0.1, 0.15) is 11.6 Å². The highest BCUT2D eigenvalue weighted by atomic mass is 35.5. The first-order valence-corrected chi connectivity index (χ1v) is 5.85. The van der Waals surface area contributed by atoms with Crippen LogP contribution in [0.3, 0.4) is 0 Å². The van der Waals surface area contributed by atoms with Gasteiger partial charge in [0, 0.05) is 17.8 Å². The van der Waals surface area contributed by atoms with Gasteiger partial charge in [-0.05, 0) is 18.2 Å². The molecular formula is C12H7Cl2F2NO. The van der Waals surface area contributed by atoms with E-state index < -0.39 is 11.6 Å². The zero-order chi connectivity index (χ0) is 13.1. The van der Waals surface area contributed by atoms with Crippen molar-refractivity contribution in [3.63, 3.8) is 0 Å². The number of aromatic nitrogens is 1. The van der Waals surface area contributed by atoms with Crippen molar-refractivity contribution in [2.75, 3.05) is 0 Å². The van der Waals surface area contributed by atoms with Crippen LogP contribution < -0.4 is 4.74 Å². The molecule has 1 aromatic heterocycles. The average molecular weight is 290 g/mol. The summed E-state index contributed by atoms with van der Waals surface area (Å²) in [6, 6.07) is 5.23. The Bertz CT molecular complexity index is 578. The number of halogens is 4. The van der Waals surface area contributed by atoms with Crippen LogP contribution in [-0.2, 0) is 5.88 Å². The standard InChI is InChI=1S/C12H7Cl2F2NO/c13-6-7-3-4-17-12(11(7)16)18-8-1-2-9(14)10(15)5-8/h1-5H,6H2. The van der Waals surface area contributed by atoms with Crippen molar-refractivity contribution in [3.8, 4) is 11.6 Å². The molecule has 6 heteroatoms. The first-order chi connectivity index (χ1) is 8.61. The lowest BCUT2D eigenvalue weighted by Gasteiger charge is -2.07. The summed E-state index contributed by atoms with van der Waals surface area (Å²) in [6.45, 7) is 0. The van der Waals surface area contributed by atoms with Gasteiger partial charge in [0.15, 0.2) is 5.82 Å². The van der Waals surface area contributed by atoms with E-state index in [9.17, 15) is 8.78 Å². The third-order valence-electron chi connectivity index (χ3n) is 2.19. The molecule has 2 aromatic rings. The second-order valence-corrected chi connectivity index (χ2v) is 4.08. The second kappa shape index (κ2) is 5.50. The summed E-state index contributed by atoms with van der Waals surface area (Å²) in [4.78, 5) is 3.72. The fraction of sp³-hybridized carbons (Fsp3) is 0.0833. The van der Waals surface area contributed by atoms with E-state index in [4.69, 9.17) is 27.9 Å². The van der Waals surface area contributed by atoms with E-state index in [0.29, 0.717) is 0 Å². The number of alkyl halides is 1. The van der Waals surface area contributed by atoms with Gasteiger partial charge < -0.3 is 4.74 Å². The average Bonchev–Trinajstić information content (AvgIpc) is 2.36. The Kier molecular flexibility index (Phi) is 3.99. The first kappa shape index (κ1) is 13.1. The van der Waals surface area contributed by atoms with Crippen LogP contribution in [0.1, 0.15) is 5.56 Å². The van der Waals surface area contributed by atoms with Crippen LogP contribution in [0.15, 0.2) is 30.5 Å². The minimum Gasteiger partial charge on any atom is -0.436 e. The van der Waals surface area contributed by atoms with Gasteiger partial charge in [-0.1, -0.05) is 11.6 Å². The minimum absolute atomic E-state index is 0.000305. The molecule has 2 nitrogen and oxygen atoms in total. The van der Waals surface area contributed by atoms with Gasteiger partial charge in [-0.25, -0.2) is 13.8 Å². The highest BCUT2D eigenvalue weighted by Gasteiger charge is 2.11. The van der Waals surface area contributed by atoms with Gasteiger partial charge in [0.2, 0.25) is 0 Å². The van der Waals surface area contributed by atoms with Gasteiger partial charge in [0.05, 0.1) is 10.9 Å². The van der Waals surface area contributed by atoms with Crippen molar-refractivity contribution < 1.29 is 13.5 Å². The molecule has 0 bridgehead atoms. The van der Waals surface area contributed by atoms with E-state index in [2.05, 4.69) is 4.98 Å². The smallest absolute Gasteiger partial charge is 0.256 e. The fourth-order valence-electron chi connectivity index (χ4n) is 1.29. The zero-order valence-electron chi connectivity index (χ0n) is 8.96. The molecule has 0 aliphatic heterocycles. The summed E-state index contributed by atoms with van der Waals surface area (Å²) < 4.78 is 32.1. The number of benzene rings is 1. The lowest BCUT2D eigenvalue weighted by atomic mass is 10.3. The van der Waals surface area contributed by atoms with Gasteiger partial charge in [0.25, 0.3) is 5.88 Å². The summed E-state index contributed by atoms with van der Waals surface area (Å²) in [7, 11) is 0. The molecule has 94 valence electrons. The highest BCUT2D eigenvalue weighted by Crippen LogP contribution is 2.27. The maximum absolute atomic E-state index is 13.7. The summed E-state index contributed by atoms with van der Waals surface area (Å²) in [5, 5.41) is -0.0368. The van der Waals surface area contributed by atoms with E-state index in [0.717, 1.165) is 6.07 Å². The lowest BCUT2D eigenvalue weighted by Crippen LogP contribution is -1.96. The molecule has 2 rings (SSSR count). The number of hydrogen-bond donors (Lipinski definition) is 0. The quantitative estimate of drug-likeness (QED) is 0.774. The maximum Gasteiger partial charge on any atom is 0.256 e. The number of hydrogen-bond acceptors (Lipinski definition) is 2. The lowest BCUT2D eigenvalue weighted by molar-refractivity contribution is 0.417. The molecule has 0 aliphatic carbocycles. The Morgan fingerprint density at radius 3 is 2.67 bits per heavy atom. The Balaban J connectivity index is 2.31. The van der Waals surface area contributed by atoms with Gasteiger partial charge >= 0.3 is 0 Å². The molecule has 0 atom stereocenters. The molecule has 18 heavy (non-hydrogen) atoms. The van der Waals surface area contributed by atoms with Crippen molar-refractivity contribution in [1.82, 2.24) is 4.98 Å². The third kappa shape index (κ3) is 2.71. The predicted octanol–water partition coefficient (Wildman–Crippen LogP) is 4.54. The zero-order valence-corrected chi connectivity index (χ0v) is 10.5. The monoisotopic (exact) mass is 289 g/mol. The van der Waals surface area contributed by atoms with Crippen molar-refractivity contribution in [2.24, 2.45) is 0 Å². The maximum atomic E-state index is 13.7.